The van der Waals surface area contributed by atoms with E-state index in [1.54, 1.807) is 6.07 Å². The Kier molecular flexibility index (Phi) is 4.08. The third-order valence-corrected chi connectivity index (χ3v) is 5.76. The number of sulfone groups is 1. The van der Waals surface area contributed by atoms with Crippen molar-refractivity contribution in [1.82, 2.24) is 4.90 Å². The van der Waals surface area contributed by atoms with Crippen LogP contribution in [0.15, 0.2) is 22.7 Å². The SMILES string of the molecule is CN(Cc1ccc(F)cc1Br)C1CCS(=O)(=O)C1. The molecule has 0 saturated carbocycles. The number of rotatable bonds is 3. The maximum atomic E-state index is 13.0. The Morgan fingerprint density at radius 3 is 2.78 bits per heavy atom. The molecule has 1 saturated heterocycles. The van der Waals surface area contributed by atoms with Crippen LogP contribution in [-0.4, -0.2) is 37.9 Å². The van der Waals surface area contributed by atoms with Crippen molar-refractivity contribution in [3.05, 3.63) is 34.1 Å². The molecule has 0 aromatic heterocycles. The van der Waals surface area contributed by atoms with Crippen LogP contribution in [0.5, 0.6) is 0 Å². The van der Waals surface area contributed by atoms with E-state index >= 15 is 0 Å². The summed E-state index contributed by atoms with van der Waals surface area (Å²) in [7, 11) is -0.959. The van der Waals surface area contributed by atoms with Crippen molar-refractivity contribution in [2.75, 3.05) is 18.6 Å². The first-order valence-corrected chi connectivity index (χ1v) is 8.33. The minimum Gasteiger partial charge on any atom is -0.298 e. The number of hydrogen-bond donors (Lipinski definition) is 0. The summed E-state index contributed by atoms with van der Waals surface area (Å²) in [5.41, 5.74) is 0.961. The lowest BCUT2D eigenvalue weighted by Crippen LogP contribution is -2.32. The van der Waals surface area contributed by atoms with Gasteiger partial charge in [0.05, 0.1) is 11.5 Å². The highest BCUT2D eigenvalue weighted by Gasteiger charge is 2.30. The summed E-state index contributed by atoms with van der Waals surface area (Å²) >= 11 is 3.32. The first-order valence-electron chi connectivity index (χ1n) is 5.72. The molecule has 1 aromatic rings. The molecule has 1 heterocycles. The van der Waals surface area contributed by atoms with Gasteiger partial charge in [-0.1, -0.05) is 22.0 Å². The predicted molar refractivity (Wildman–Crippen MR) is 72.6 cm³/mol. The maximum Gasteiger partial charge on any atom is 0.151 e. The molecular weight excluding hydrogens is 321 g/mol. The van der Waals surface area contributed by atoms with E-state index in [0.717, 1.165) is 10.0 Å². The zero-order valence-corrected chi connectivity index (χ0v) is 12.5. The summed E-state index contributed by atoms with van der Waals surface area (Å²) in [5, 5.41) is 0. The smallest absolute Gasteiger partial charge is 0.151 e. The number of benzene rings is 1. The second-order valence-electron chi connectivity index (χ2n) is 4.71. The molecule has 0 bridgehead atoms. The second-order valence-corrected chi connectivity index (χ2v) is 7.79. The molecular formula is C12H15BrFNO2S. The normalized spacial score (nSPS) is 22.6. The van der Waals surface area contributed by atoms with Crippen molar-refractivity contribution in [2.24, 2.45) is 0 Å². The van der Waals surface area contributed by atoms with Crippen LogP contribution in [0.1, 0.15) is 12.0 Å². The van der Waals surface area contributed by atoms with Gasteiger partial charge in [-0.3, -0.25) is 4.90 Å². The Morgan fingerprint density at radius 1 is 1.50 bits per heavy atom. The zero-order valence-electron chi connectivity index (χ0n) is 10.1. The minimum absolute atomic E-state index is 0.0620. The molecule has 0 radical (unpaired) electrons. The van der Waals surface area contributed by atoms with Crippen LogP contribution >= 0.6 is 15.9 Å². The highest BCUT2D eigenvalue weighted by atomic mass is 79.9. The maximum absolute atomic E-state index is 13.0. The first-order chi connectivity index (χ1) is 8.37. The van der Waals surface area contributed by atoms with Crippen LogP contribution in [0.3, 0.4) is 0 Å². The summed E-state index contributed by atoms with van der Waals surface area (Å²) in [5.74, 6) is 0.214. The van der Waals surface area contributed by atoms with E-state index in [-0.39, 0.29) is 23.4 Å². The largest absolute Gasteiger partial charge is 0.298 e. The van der Waals surface area contributed by atoms with E-state index in [0.29, 0.717) is 13.0 Å². The van der Waals surface area contributed by atoms with E-state index in [1.807, 2.05) is 11.9 Å². The van der Waals surface area contributed by atoms with Crippen molar-refractivity contribution in [3.63, 3.8) is 0 Å². The van der Waals surface area contributed by atoms with Crippen LogP contribution in [0.25, 0.3) is 0 Å². The van der Waals surface area contributed by atoms with E-state index in [1.165, 1.54) is 12.1 Å². The Balaban J connectivity index is 2.05. The summed E-state index contributed by atoms with van der Waals surface area (Å²) in [6, 6.07) is 4.62. The van der Waals surface area contributed by atoms with Crippen molar-refractivity contribution in [2.45, 2.75) is 19.0 Å². The molecule has 0 amide bonds. The quantitative estimate of drug-likeness (QED) is 0.849. The van der Waals surface area contributed by atoms with Gasteiger partial charge >= 0.3 is 0 Å². The van der Waals surface area contributed by atoms with Gasteiger partial charge in [0, 0.05) is 17.1 Å². The molecule has 1 aliphatic heterocycles. The van der Waals surface area contributed by atoms with Crippen LogP contribution < -0.4 is 0 Å². The lowest BCUT2D eigenvalue weighted by molar-refractivity contribution is 0.253. The van der Waals surface area contributed by atoms with Crippen molar-refractivity contribution >= 4 is 25.8 Å². The van der Waals surface area contributed by atoms with Gasteiger partial charge in [-0.2, -0.15) is 0 Å². The number of nitrogens with zero attached hydrogens (tertiary/aromatic N) is 1. The molecule has 1 unspecified atom stereocenters. The third kappa shape index (κ3) is 3.30. The molecule has 0 aliphatic carbocycles. The van der Waals surface area contributed by atoms with Gasteiger partial charge in [0.15, 0.2) is 9.84 Å². The van der Waals surface area contributed by atoms with Gasteiger partial charge in [-0.15, -0.1) is 0 Å². The molecule has 6 heteroatoms. The molecule has 1 aromatic carbocycles. The second kappa shape index (κ2) is 5.27. The number of halogens is 2. The molecule has 2 rings (SSSR count). The van der Waals surface area contributed by atoms with E-state index < -0.39 is 9.84 Å². The fraction of sp³-hybridized carbons (Fsp3) is 0.500. The minimum atomic E-state index is -2.86. The van der Waals surface area contributed by atoms with Crippen molar-refractivity contribution in [3.8, 4) is 0 Å². The highest BCUT2D eigenvalue weighted by molar-refractivity contribution is 9.10. The van der Waals surface area contributed by atoms with Crippen LogP contribution in [0.4, 0.5) is 4.39 Å². The zero-order chi connectivity index (χ0) is 13.3. The Morgan fingerprint density at radius 2 is 2.22 bits per heavy atom. The van der Waals surface area contributed by atoms with Crippen LogP contribution in [0, 0.1) is 5.82 Å². The molecule has 1 aliphatic rings. The van der Waals surface area contributed by atoms with Gasteiger partial charge in [-0.25, -0.2) is 12.8 Å². The molecule has 3 nitrogen and oxygen atoms in total. The topological polar surface area (TPSA) is 37.4 Å². The van der Waals surface area contributed by atoms with Crippen molar-refractivity contribution in [1.29, 1.82) is 0 Å². The Bertz CT molecular complexity index is 547. The van der Waals surface area contributed by atoms with E-state index in [9.17, 15) is 12.8 Å². The molecule has 1 fully saturated rings. The molecule has 1 atom stereocenters. The average molecular weight is 336 g/mol. The molecule has 0 spiro atoms. The monoisotopic (exact) mass is 335 g/mol. The number of hydrogen-bond acceptors (Lipinski definition) is 3. The van der Waals surface area contributed by atoms with Gasteiger partial charge in [0.2, 0.25) is 0 Å². The lowest BCUT2D eigenvalue weighted by atomic mass is 10.1. The fourth-order valence-corrected chi connectivity index (χ4v) is 4.45. The van der Waals surface area contributed by atoms with Gasteiger partial charge in [-0.05, 0) is 31.2 Å². The van der Waals surface area contributed by atoms with Gasteiger partial charge < -0.3 is 0 Å². The molecule has 100 valence electrons. The average Bonchev–Trinajstić information content (AvgIpc) is 2.63. The highest BCUT2D eigenvalue weighted by Crippen LogP contribution is 2.23. The van der Waals surface area contributed by atoms with Crippen molar-refractivity contribution < 1.29 is 12.8 Å². The lowest BCUT2D eigenvalue weighted by Gasteiger charge is -2.23. The summed E-state index contributed by atoms with van der Waals surface area (Å²) in [6.45, 7) is 0.612. The van der Waals surface area contributed by atoms with Gasteiger partial charge in [0.1, 0.15) is 5.82 Å². The van der Waals surface area contributed by atoms with Crippen LogP contribution in [-0.2, 0) is 16.4 Å². The standard InChI is InChI=1S/C12H15BrFNO2S/c1-15(11-4-5-18(16,17)8-11)7-9-2-3-10(14)6-12(9)13/h2-3,6,11H,4-5,7-8H2,1H3. The summed E-state index contributed by atoms with van der Waals surface area (Å²) in [6.07, 6.45) is 0.678. The fourth-order valence-electron chi connectivity index (χ4n) is 2.17. The predicted octanol–water partition coefficient (Wildman–Crippen LogP) is 2.21. The molecule has 18 heavy (non-hydrogen) atoms. The van der Waals surface area contributed by atoms with Gasteiger partial charge in [0.25, 0.3) is 0 Å². The van der Waals surface area contributed by atoms with E-state index in [2.05, 4.69) is 15.9 Å². The third-order valence-electron chi connectivity index (χ3n) is 3.27. The summed E-state index contributed by atoms with van der Waals surface area (Å²) in [4.78, 5) is 2.02. The Labute approximate surface area is 115 Å². The van der Waals surface area contributed by atoms with Crippen LogP contribution in [0.2, 0.25) is 0 Å². The van der Waals surface area contributed by atoms with E-state index in [4.69, 9.17) is 0 Å². The Hall–Kier alpha value is -0.460. The molecule has 0 N–H and O–H groups in total. The first kappa shape index (κ1) is 14.0. The summed E-state index contributed by atoms with van der Waals surface area (Å²) < 4.78 is 36.5.